The molecular formula is C11H13ClINO. The summed E-state index contributed by atoms with van der Waals surface area (Å²) in [5.41, 5.74) is 0.730. The van der Waals surface area contributed by atoms with Crippen LogP contribution in [0.25, 0.3) is 0 Å². The van der Waals surface area contributed by atoms with Crippen molar-refractivity contribution in [3.63, 3.8) is 0 Å². The third-order valence-corrected chi connectivity index (χ3v) is 2.93. The number of rotatable bonds is 4. The van der Waals surface area contributed by atoms with E-state index in [1.54, 1.807) is 4.90 Å². The molecule has 0 fully saturated rings. The molecular weight excluding hydrogens is 324 g/mol. The first kappa shape index (κ1) is 12.8. The number of alkyl halides is 1. The zero-order valence-electron chi connectivity index (χ0n) is 8.54. The number of nitrogens with zero attached hydrogens (tertiary/aromatic N) is 1. The summed E-state index contributed by atoms with van der Waals surface area (Å²) in [6.07, 6.45) is 0. The maximum Gasteiger partial charge on any atom is 0.253 e. The van der Waals surface area contributed by atoms with Gasteiger partial charge in [0.25, 0.3) is 5.91 Å². The fourth-order valence-corrected chi connectivity index (χ4v) is 2.06. The third-order valence-electron chi connectivity index (χ3n) is 2.09. The molecule has 0 radical (unpaired) electrons. The van der Waals surface area contributed by atoms with Gasteiger partial charge in [-0.05, 0) is 47.7 Å². The molecule has 0 N–H and O–H groups in total. The number of halogens is 2. The van der Waals surface area contributed by atoms with E-state index in [1.165, 1.54) is 0 Å². The Morgan fingerprint density at radius 1 is 1.53 bits per heavy atom. The molecule has 0 aliphatic heterocycles. The summed E-state index contributed by atoms with van der Waals surface area (Å²) in [5.74, 6) is 0.528. The van der Waals surface area contributed by atoms with Gasteiger partial charge in [0.2, 0.25) is 0 Å². The van der Waals surface area contributed by atoms with Crippen molar-refractivity contribution in [2.24, 2.45) is 0 Å². The first-order valence-corrected chi connectivity index (χ1v) is 6.41. The second-order valence-corrected chi connectivity index (χ2v) is 4.71. The Kier molecular flexibility index (Phi) is 5.39. The molecule has 0 unspecified atom stereocenters. The van der Waals surface area contributed by atoms with Crippen LogP contribution in [0.1, 0.15) is 17.3 Å². The predicted octanol–water partition coefficient (Wildman–Crippen LogP) is 2.99. The summed E-state index contributed by atoms with van der Waals surface area (Å²) in [4.78, 5) is 13.7. The molecule has 82 valence electrons. The van der Waals surface area contributed by atoms with Crippen LogP contribution in [0, 0.1) is 3.57 Å². The van der Waals surface area contributed by atoms with Crippen molar-refractivity contribution >= 4 is 40.1 Å². The van der Waals surface area contributed by atoms with E-state index in [1.807, 2.05) is 31.2 Å². The van der Waals surface area contributed by atoms with Crippen LogP contribution in [0.15, 0.2) is 24.3 Å². The number of carbonyl (C=O) groups excluding carboxylic acids is 1. The van der Waals surface area contributed by atoms with Crippen molar-refractivity contribution < 1.29 is 4.79 Å². The Morgan fingerprint density at radius 2 is 2.27 bits per heavy atom. The summed E-state index contributed by atoms with van der Waals surface area (Å²) in [6, 6.07) is 7.58. The van der Waals surface area contributed by atoms with Crippen molar-refractivity contribution in [1.82, 2.24) is 4.90 Å². The van der Waals surface area contributed by atoms with E-state index in [-0.39, 0.29) is 5.91 Å². The molecule has 2 nitrogen and oxygen atoms in total. The molecule has 1 amide bonds. The highest BCUT2D eigenvalue weighted by atomic mass is 127. The highest BCUT2D eigenvalue weighted by Gasteiger charge is 2.13. The fourth-order valence-electron chi connectivity index (χ4n) is 1.31. The van der Waals surface area contributed by atoms with Gasteiger partial charge in [0, 0.05) is 28.1 Å². The van der Waals surface area contributed by atoms with Gasteiger partial charge in [-0.25, -0.2) is 0 Å². The number of hydrogen-bond acceptors (Lipinski definition) is 1. The summed E-state index contributed by atoms with van der Waals surface area (Å²) in [6.45, 7) is 3.25. The molecule has 0 aliphatic carbocycles. The van der Waals surface area contributed by atoms with E-state index in [0.717, 1.165) is 9.13 Å². The molecule has 0 atom stereocenters. The van der Waals surface area contributed by atoms with Crippen molar-refractivity contribution in [2.75, 3.05) is 19.0 Å². The molecule has 0 bridgehead atoms. The van der Waals surface area contributed by atoms with Crippen LogP contribution in [0.5, 0.6) is 0 Å². The summed E-state index contributed by atoms with van der Waals surface area (Å²) < 4.78 is 1.07. The van der Waals surface area contributed by atoms with Crippen LogP contribution >= 0.6 is 34.2 Å². The van der Waals surface area contributed by atoms with Crippen molar-refractivity contribution in [1.29, 1.82) is 0 Å². The zero-order chi connectivity index (χ0) is 11.3. The van der Waals surface area contributed by atoms with Crippen LogP contribution in [-0.4, -0.2) is 29.8 Å². The van der Waals surface area contributed by atoms with E-state index in [9.17, 15) is 4.79 Å². The second-order valence-electron chi connectivity index (χ2n) is 3.08. The van der Waals surface area contributed by atoms with Gasteiger partial charge in [-0.2, -0.15) is 0 Å². The number of amides is 1. The van der Waals surface area contributed by atoms with Crippen molar-refractivity contribution in [3.05, 3.63) is 33.4 Å². The van der Waals surface area contributed by atoms with E-state index in [2.05, 4.69) is 22.6 Å². The Morgan fingerprint density at radius 3 is 2.80 bits per heavy atom. The normalized spacial score (nSPS) is 10.1. The number of hydrogen-bond donors (Lipinski definition) is 0. The van der Waals surface area contributed by atoms with Crippen LogP contribution in [-0.2, 0) is 0 Å². The van der Waals surface area contributed by atoms with Crippen LogP contribution in [0.2, 0.25) is 0 Å². The van der Waals surface area contributed by atoms with Gasteiger partial charge >= 0.3 is 0 Å². The minimum absolute atomic E-state index is 0.0525. The van der Waals surface area contributed by atoms with E-state index in [4.69, 9.17) is 11.6 Å². The average molecular weight is 338 g/mol. The lowest BCUT2D eigenvalue weighted by Crippen LogP contribution is -2.32. The Hall–Kier alpha value is -0.290. The Balaban J connectivity index is 2.82. The quantitative estimate of drug-likeness (QED) is 0.611. The molecule has 0 saturated heterocycles. The summed E-state index contributed by atoms with van der Waals surface area (Å²) >= 11 is 7.84. The lowest BCUT2D eigenvalue weighted by molar-refractivity contribution is 0.0774. The molecule has 0 spiro atoms. The molecule has 0 aliphatic rings. The van der Waals surface area contributed by atoms with Crippen LogP contribution in [0.3, 0.4) is 0 Å². The lowest BCUT2D eigenvalue weighted by atomic mass is 10.2. The zero-order valence-corrected chi connectivity index (χ0v) is 11.5. The van der Waals surface area contributed by atoms with Gasteiger partial charge in [-0.1, -0.05) is 6.07 Å². The molecule has 1 aromatic carbocycles. The maximum atomic E-state index is 12.0. The van der Waals surface area contributed by atoms with Gasteiger partial charge in [-0.15, -0.1) is 11.6 Å². The Labute approximate surface area is 109 Å². The van der Waals surface area contributed by atoms with E-state index in [0.29, 0.717) is 19.0 Å². The van der Waals surface area contributed by atoms with Gasteiger partial charge in [0.05, 0.1) is 0 Å². The standard InChI is InChI=1S/C11H13ClINO/c1-2-14(7-6-12)11(15)9-4-3-5-10(13)8-9/h3-5,8H,2,6-7H2,1H3. The van der Waals surface area contributed by atoms with Crippen molar-refractivity contribution in [2.45, 2.75) is 6.92 Å². The van der Waals surface area contributed by atoms with Gasteiger partial charge in [0.15, 0.2) is 0 Å². The monoisotopic (exact) mass is 337 g/mol. The minimum atomic E-state index is 0.0525. The molecule has 4 heteroatoms. The molecule has 0 aromatic heterocycles. The fraction of sp³-hybridized carbons (Fsp3) is 0.364. The molecule has 0 heterocycles. The number of benzene rings is 1. The van der Waals surface area contributed by atoms with Gasteiger partial charge < -0.3 is 4.90 Å². The lowest BCUT2D eigenvalue weighted by Gasteiger charge is -2.19. The Bertz CT molecular complexity index is 343. The summed E-state index contributed by atoms with van der Waals surface area (Å²) in [7, 11) is 0. The first-order chi connectivity index (χ1) is 7.19. The SMILES string of the molecule is CCN(CCCl)C(=O)c1cccc(I)c1. The van der Waals surface area contributed by atoms with Crippen LogP contribution < -0.4 is 0 Å². The maximum absolute atomic E-state index is 12.0. The summed E-state index contributed by atoms with van der Waals surface area (Å²) in [5, 5.41) is 0. The highest BCUT2D eigenvalue weighted by Crippen LogP contribution is 2.10. The van der Waals surface area contributed by atoms with E-state index >= 15 is 0 Å². The second kappa shape index (κ2) is 6.33. The van der Waals surface area contributed by atoms with Gasteiger partial charge in [-0.3, -0.25) is 4.79 Å². The largest absolute Gasteiger partial charge is 0.338 e. The molecule has 1 aromatic rings. The minimum Gasteiger partial charge on any atom is -0.338 e. The smallest absolute Gasteiger partial charge is 0.253 e. The predicted molar refractivity (Wildman–Crippen MR) is 71.5 cm³/mol. The van der Waals surface area contributed by atoms with Crippen LogP contribution in [0.4, 0.5) is 0 Å². The molecule has 15 heavy (non-hydrogen) atoms. The average Bonchev–Trinajstić information content (AvgIpc) is 2.25. The third kappa shape index (κ3) is 3.65. The van der Waals surface area contributed by atoms with Crippen molar-refractivity contribution in [3.8, 4) is 0 Å². The molecule has 0 saturated carbocycles. The highest BCUT2D eigenvalue weighted by molar-refractivity contribution is 14.1. The van der Waals surface area contributed by atoms with Gasteiger partial charge in [0.1, 0.15) is 0 Å². The van der Waals surface area contributed by atoms with E-state index < -0.39 is 0 Å². The number of carbonyl (C=O) groups is 1. The topological polar surface area (TPSA) is 20.3 Å². The molecule has 1 rings (SSSR count). The first-order valence-electron chi connectivity index (χ1n) is 4.79.